The van der Waals surface area contributed by atoms with Crippen molar-refractivity contribution in [2.45, 2.75) is 6.42 Å². The molecule has 5 heteroatoms. The van der Waals surface area contributed by atoms with Gasteiger partial charge < -0.3 is 13.6 Å². The van der Waals surface area contributed by atoms with Gasteiger partial charge in [-0.3, -0.25) is 0 Å². The molecule has 0 aromatic carbocycles. The molecular weight excluding hydrogens is 244 g/mol. The van der Waals surface area contributed by atoms with Crippen LogP contribution in [0, 0.1) is 0 Å². The number of carbonyl (C=O) groups excluding carboxylic acids is 1. The average molecular weight is 256 g/mol. The molecule has 0 saturated carbocycles. The zero-order valence-corrected chi connectivity index (χ0v) is 10.4. The lowest BCUT2D eigenvalue weighted by atomic mass is 10.2. The molecule has 19 heavy (non-hydrogen) atoms. The molecule has 3 aromatic heterocycles. The van der Waals surface area contributed by atoms with Gasteiger partial charge in [-0.15, -0.1) is 0 Å². The van der Waals surface area contributed by atoms with Crippen molar-refractivity contribution in [3.8, 4) is 0 Å². The second-order valence-corrected chi connectivity index (χ2v) is 4.13. The predicted octanol–water partition coefficient (Wildman–Crippen LogP) is 2.30. The van der Waals surface area contributed by atoms with Crippen LogP contribution in [0.2, 0.25) is 0 Å². The number of methoxy groups -OCH3 is 1. The van der Waals surface area contributed by atoms with E-state index in [9.17, 15) is 4.79 Å². The number of hydrogen-bond acceptors (Lipinski definition) is 4. The van der Waals surface area contributed by atoms with Gasteiger partial charge in [0.25, 0.3) is 0 Å². The largest absolute Gasteiger partial charge is 0.469 e. The monoisotopic (exact) mass is 256 g/mol. The Morgan fingerprint density at radius 2 is 2.37 bits per heavy atom. The number of esters is 1. The van der Waals surface area contributed by atoms with Gasteiger partial charge in [0.2, 0.25) is 0 Å². The molecule has 0 N–H and O–H groups in total. The summed E-state index contributed by atoms with van der Waals surface area (Å²) in [7, 11) is 1.37. The lowest BCUT2D eigenvalue weighted by Gasteiger charge is -2.02. The van der Waals surface area contributed by atoms with Gasteiger partial charge in [-0.2, -0.15) is 0 Å². The molecule has 3 rings (SSSR count). The van der Waals surface area contributed by atoms with E-state index in [-0.39, 0.29) is 5.97 Å². The Balaban J connectivity index is 1.98. The number of carbonyl (C=O) groups is 1. The smallest absolute Gasteiger partial charge is 0.337 e. The average Bonchev–Trinajstić information content (AvgIpc) is 3.08. The highest BCUT2D eigenvalue weighted by molar-refractivity contribution is 5.90. The highest BCUT2D eigenvalue weighted by atomic mass is 16.5. The van der Waals surface area contributed by atoms with Crippen LogP contribution in [-0.2, 0) is 11.2 Å². The Morgan fingerprint density at radius 3 is 3.11 bits per heavy atom. The minimum Gasteiger partial charge on any atom is -0.469 e. The van der Waals surface area contributed by atoms with Gasteiger partial charge >= 0.3 is 5.97 Å². The molecule has 0 atom stereocenters. The molecule has 3 heterocycles. The SMILES string of the molecule is COC(=O)c1ccn2c(Cc3ccco3)ncc2c1. The van der Waals surface area contributed by atoms with Crippen LogP contribution in [0.25, 0.3) is 5.52 Å². The first kappa shape index (κ1) is 11.5. The summed E-state index contributed by atoms with van der Waals surface area (Å²) in [5.74, 6) is 1.36. The molecule has 5 nitrogen and oxygen atoms in total. The van der Waals surface area contributed by atoms with E-state index >= 15 is 0 Å². The van der Waals surface area contributed by atoms with E-state index in [1.165, 1.54) is 7.11 Å². The van der Waals surface area contributed by atoms with E-state index in [1.807, 2.05) is 22.7 Å². The van der Waals surface area contributed by atoms with E-state index in [2.05, 4.69) is 4.98 Å². The lowest BCUT2D eigenvalue weighted by Crippen LogP contribution is -2.02. The second-order valence-electron chi connectivity index (χ2n) is 4.13. The van der Waals surface area contributed by atoms with Crippen LogP contribution >= 0.6 is 0 Å². The highest BCUT2D eigenvalue weighted by Crippen LogP contribution is 2.14. The molecule has 0 aliphatic heterocycles. The van der Waals surface area contributed by atoms with Crippen LogP contribution in [0.4, 0.5) is 0 Å². The van der Waals surface area contributed by atoms with Crippen molar-refractivity contribution in [3.05, 3.63) is 60.1 Å². The normalized spacial score (nSPS) is 10.8. The third-order valence-corrected chi connectivity index (χ3v) is 2.94. The Morgan fingerprint density at radius 1 is 1.47 bits per heavy atom. The van der Waals surface area contributed by atoms with Gasteiger partial charge in [0.05, 0.1) is 37.1 Å². The Bertz CT molecular complexity index is 713. The zero-order valence-electron chi connectivity index (χ0n) is 10.4. The molecule has 0 bridgehead atoms. The molecule has 0 aliphatic rings. The minimum atomic E-state index is -0.351. The van der Waals surface area contributed by atoms with Gasteiger partial charge in [0, 0.05) is 6.20 Å². The third-order valence-electron chi connectivity index (χ3n) is 2.94. The molecule has 0 saturated heterocycles. The van der Waals surface area contributed by atoms with Crippen molar-refractivity contribution in [1.29, 1.82) is 0 Å². The molecular formula is C14H12N2O3. The van der Waals surface area contributed by atoms with Gasteiger partial charge in [-0.1, -0.05) is 0 Å². The molecule has 0 fully saturated rings. The Kier molecular flexibility index (Phi) is 2.79. The van der Waals surface area contributed by atoms with Crippen molar-refractivity contribution in [3.63, 3.8) is 0 Å². The van der Waals surface area contributed by atoms with E-state index in [0.717, 1.165) is 17.1 Å². The van der Waals surface area contributed by atoms with Crippen molar-refractivity contribution in [1.82, 2.24) is 9.38 Å². The summed E-state index contributed by atoms with van der Waals surface area (Å²) in [6.45, 7) is 0. The number of ether oxygens (including phenoxy) is 1. The van der Waals surface area contributed by atoms with Crippen molar-refractivity contribution in [2.24, 2.45) is 0 Å². The summed E-state index contributed by atoms with van der Waals surface area (Å²) in [5, 5.41) is 0. The summed E-state index contributed by atoms with van der Waals surface area (Å²) in [4.78, 5) is 15.8. The van der Waals surface area contributed by atoms with E-state index in [4.69, 9.17) is 9.15 Å². The molecule has 0 aliphatic carbocycles. The van der Waals surface area contributed by atoms with Gasteiger partial charge in [0.15, 0.2) is 0 Å². The number of pyridine rings is 1. The fourth-order valence-corrected chi connectivity index (χ4v) is 2.00. The first-order chi connectivity index (χ1) is 9.28. The molecule has 0 unspecified atom stereocenters. The standard InChI is InChI=1S/C14H12N2O3/c1-18-14(17)10-4-5-16-11(7-10)9-15-13(16)8-12-3-2-6-19-12/h2-7,9H,8H2,1H3. The summed E-state index contributed by atoms with van der Waals surface area (Å²) >= 11 is 0. The van der Waals surface area contributed by atoms with Crippen molar-refractivity contribution >= 4 is 11.5 Å². The quantitative estimate of drug-likeness (QED) is 0.675. The molecule has 0 radical (unpaired) electrons. The summed E-state index contributed by atoms with van der Waals surface area (Å²) in [6, 6.07) is 7.22. The summed E-state index contributed by atoms with van der Waals surface area (Å²) < 4.78 is 11.9. The maximum absolute atomic E-state index is 11.5. The van der Waals surface area contributed by atoms with Gasteiger partial charge in [-0.25, -0.2) is 9.78 Å². The fraction of sp³-hybridized carbons (Fsp3) is 0.143. The molecule has 0 spiro atoms. The van der Waals surface area contributed by atoms with E-state index in [0.29, 0.717) is 12.0 Å². The Labute approximate surface area is 109 Å². The third kappa shape index (κ3) is 2.10. The lowest BCUT2D eigenvalue weighted by molar-refractivity contribution is 0.0600. The number of rotatable bonds is 3. The van der Waals surface area contributed by atoms with Crippen LogP contribution in [0.15, 0.2) is 47.3 Å². The number of furan rings is 1. The Hall–Kier alpha value is -2.56. The number of imidazole rings is 1. The maximum atomic E-state index is 11.5. The zero-order chi connectivity index (χ0) is 13.2. The molecule has 3 aromatic rings. The predicted molar refractivity (Wildman–Crippen MR) is 68.0 cm³/mol. The highest BCUT2D eigenvalue weighted by Gasteiger charge is 2.10. The second kappa shape index (κ2) is 4.61. The minimum absolute atomic E-state index is 0.351. The first-order valence-corrected chi connectivity index (χ1v) is 5.84. The summed E-state index contributed by atoms with van der Waals surface area (Å²) in [5.41, 5.74) is 1.36. The van der Waals surface area contributed by atoms with Crippen LogP contribution in [0.5, 0.6) is 0 Å². The van der Waals surface area contributed by atoms with Crippen molar-refractivity contribution < 1.29 is 13.9 Å². The van der Waals surface area contributed by atoms with Crippen LogP contribution in [0.1, 0.15) is 21.9 Å². The topological polar surface area (TPSA) is 56.7 Å². The van der Waals surface area contributed by atoms with Crippen LogP contribution < -0.4 is 0 Å². The molecule has 96 valence electrons. The van der Waals surface area contributed by atoms with Crippen LogP contribution in [0.3, 0.4) is 0 Å². The number of fused-ring (bicyclic) bond motifs is 1. The van der Waals surface area contributed by atoms with Gasteiger partial charge in [0.1, 0.15) is 11.6 Å². The first-order valence-electron chi connectivity index (χ1n) is 5.84. The number of nitrogens with zero attached hydrogens (tertiary/aromatic N) is 2. The van der Waals surface area contributed by atoms with E-state index in [1.54, 1.807) is 24.6 Å². The molecule has 0 amide bonds. The van der Waals surface area contributed by atoms with Gasteiger partial charge in [-0.05, 0) is 24.3 Å². The fourth-order valence-electron chi connectivity index (χ4n) is 2.00. The van der Waals surface area contributed by atoms with Crippen molar-refractivity contribution in [2.75, 3.05) is 7.11 Å². The number of hydrogen-bond donors (Lipinski definition) is 0. The van der Waals surface area contributed by atoms with E-state index < -0.39 is 0 Å². The maximum Gasteiger partial charge on any atom is 0.337 e. The van der Waals surface area contributed by atoms with Crippen LogP contribution in [-0.4, -0.2) is 22.5 Å². The summed E-state index contributed by atoms with van der Waals surface area (Å²) in [6.07, 6.45) is 5.79. The number of aromatic nitrogens is 2.